The van der Waals surface area contributed by atoms with Crippen LogP contribution >= 0.6 is 0 Å². The number of rotatable bonds is 5. The number of aliphatic hydroxyl groups is 1. The van der Waals surface area contributed by atoms with Crippen LogP contribution in [0.5, 0.6) is 0 Å². The smallest absolute Gasteiger partial charge is 0.335 e. The van der Waals surface area contributed by atoms with Crippen molar-refractivity contribution in [2.75, 3.05) is 0 Å². The molecule has 1 unspecified atom stereocenters. The van der Waals surface area contributed by atoms with E-state index in [-0.39, 0.29) is 0 Å². The van der Waals surface area contributed by atoms with Gasteiger partial charge in [-0.2, -0.15) is 0 Å². The molecule has 0 amide bonds. The van der Waals surface area contributed by atoms with Crippen LogP contribution in [0.2, 0.25) is 0 Å². The molecule has 15 heavy (non-hydrogen) atoms. The fraction of sp³-hybridized carbons (Fsp3) is 0.364. The fourth-order valence-corrected chi connectivity index (χ4v) is 1.09. The first-order valence-corrected chi connectivity index (χ1v) is 4.67. The fourth-order valence-electron chi connectivity index (χ4n) is 1.09. The molecule has 0 aliphatic heterocycles. The number of carboxylic acid groups (broad SMARTS) is 1. The van der Waals surface area contributed by atoms with Gasteiger partial charge in [0.05, 0.1) is 12.7 Å². The molecule has 2 atom stereocenters. The number of hydrogen-bond acceptors (Lipinski definition) is 3. The lowest BCUT2D eigenvalue weighted by Gasteiger charge is -2.15. The highest BCUT2D eigenvalue weighted by Crippen LogP contribution is 2.05. The Morgan fingerprint density at radius 3 is 2.53 bits per heavy atom. The molecule has 0 heterocycles. The van der Waals surface area contributed by atoms with E-state index in [0.29, 0.717) is 6.61 Å². The van der Waals surface area contributed by atoms with Crippen molar-refractivity contribution < 1.29 is 19.7 Å². The molecular weight excluding hydrogens is 196 g/mol. The first-order valence-electron chi connectivity index (χ1n) is 4.67. The molecule has 1 aromatic rings. The van der Waals surface area contributed by atoms with Crippen molar-refractivity contribution in [3.8, 4) is 0 Å². The van der Waals surface area contributed by atoms with E-state index < -0.39 is 18.2 Å². The molecule has 0 spiro atoms. The lowest BCUT2D eigenvalue weighted by atomic mass is 10.2. The minimum Gasteiger partial charge on any atom is -0.479 e. The van der Waals surface area contributed by atoms with Crippen LogP contribution in [0.3, 0.4) is 0 Å². The molecule has 0 saturated heterocycles. The van der Waals surface area contributed by atoms with Gasteiger partial charge in [-0.05, 0) is 12.5 Å². The van der Waals surface area contributed by atoms with E-state index in [4.69, 9.17) is 14.9 Å². The molecule has 0 aliphatic rings. The van der Waals surface area contributed by atoms with Crippen LogP contribution in [-0.2, 0) is 16.1 Å². The molecule has 0 saturated carbocycles. The third kappa shape index (κ3) is 3.69. The molecule has 0 radical (unpaired) electrons. The summed E-state index contributed by atoms with van der Waals surface area (Å²) in [7, 11) is 0. The van der Waals surface area contributed by atoms with Crippen LogP contribution in [0.15, 0.2) is 30.3 Å². The van der Waals surface area contributed by atoms with Gasteiger partial charge in [0.2, 0.25) is 0 Å². The van der Waals surface area contributed by atoms with Gasteiger partial charge in [0.25, 0.3) is 0 Å². The van der Waals surface area contributed by atoms with Crippen LogP contribution in [-0.4, -0.2) is 28.4 Å². The second kappa shape index (κ2) is 5.48. The maximum atomic E-state index is 10.4. The predicted octanol–water partition coefficient (Wildman–Crippen LogP) is 1.04. The summed E-state index contributed by atoms with van der Waals surface area (Å²) in [5.41, 5.74) is 0.946. The Kier molecular flexibility index (Phi) is 4.27. The van der Waals surface area contributed by atoms with E-state index in [1.807, 2.05) is 30.3 Å². The molecule has 4 nitrogen and oxygen atoms in total. The second-order valence-electron chi connectivity index (χ2n) is 3.28. The Bertz CT molecular complexity index is 310. The zero-order valence-electron chi connectivity index (χ0n) is 8.46. The van der Waals surface area contributed by atoms with Crippen molar-refractivity contribution >= 4 is 5.97 Å². The normalized spacial score (nSPS) is 14.5. The Labute approximate surface area is 88.1 Å². The summed E-state index contributed by atoms with van der Waals surface area (Å²) in [5, 5.41) is 17.7. The van der Waals surface area contributed by atoms with Crippen molar-refractivity contribution in [3.63, 3.8) is 0 Å². The number of benzene rings is 1. The van der Waals surface area contributed by atoms with E-state index in [9.17, 15) is 4.79 Å². The van der Waals surface area contributed by atoms with Gasteiger partial charge >= 0.3 is 5.97 Å². The van der Waals surface area contributed by atoms with Gasteiger partial charge in [-0.15, -0.1) is 0 Å². The predicted molar refractivity (Wildman–Crippen MR) is 54.3 cm³/mol. The van der Waals surface area contributed by atoms with E-state index in [0.717, 1.165) is 5.56 Å². The van der Waals surface area contributed by atoms with E-state index in [1.165, 1.54) is 6.92 Å². The summed E-state index contributed by atoms with van der Waals surface area (Å²) in [6.07, 6.45) is -2.20. The molecule has 0 aromatic heterocycles. The summed E-state index contributed by atoms with van der Waals surface area (Å²) in [6.45, 7) is 1.83. The molecule has 1 rings (SSSR count). The third-order valence-electron chi connectivity index (χ3n) is 2.05. The first-order chi connectivity index (χ1) is 7.11. The van der Waals surface area contributed by atoms with Gasteiger partial charge in [0, 0.05) is 0 Å². The zero-order chi connectivity index (χ0) is 11.3. The summed E-state index contributed by atoms with van der Waals surface area (Å²) in [6, 6.07) is 9.38. The summed E-state index contributed by atoms with van der Waals surface area (Å²) < 4.78 is 5.22. The standard InChI is InChI=1S/C11H14O4/c1-8(10(12)11(13)14)15-7-9-5-3-2-4-6-9/h2-6,8,10,12H,7H2,1H3,(H,13,14)/t8-,10?/m0/s1. The topological polar surface area (TPSA) is 66.8 Å². The molecule has 82 valence electrons. The number of hydrogen-bond donors (Lipinski definition) is 2. The van der Waals surface area contributed by atoms with E-state index in [1.54, 1.807) is 0 Å². The van der Waals surface area contributed by atoms with Crippen LogP contribution < -0.4 is 0 Å². The highest BCUT2D eigenvalue weighted by atomic mass is 16.5. The van der Waals surface area contributed by atoms with Crippen LogP contribution in [0, 0.1) is 0 Å². The molecule has 4 heteroatoms. The van der Waals surface area contributed by atoms with Gasteiger partial charge in [0.15, 0.2) is 6.10 Å². The molecule has 2 N–H and O–H groups in total. The average Bonchev–Trinajstić information content (AvgIpc) is 2.26. The highest BCUT2D eigenvalue weighted by Gasteiger charge is 2.21. The van der Waals surface area contributed by atoms with Crippen LogP contribution in [0.1, 0.15) is 12.5 Å². The summed E-state index contributed by atoms with van der Waals surface area (Å²) >= 11 is 0. The van der Waals surface area contributed by atoms with Crippen LogP contribution in [0.4, 0.5) is 0 Å². The number of carbonyl (C=O) groups is 1. The summed E-state index contributed by atoms with van der Waals surface area (Å²) in [4.78, 5) is 10.4. The van der Waals surface area contributed by atoms with E-state index in [2.05, 4.69) is 0 Å². The number of aliphatic hydroxyl groups excluding tert-OH is 1. The SMILES string of the molecule is C[C@H](OCc1ccccc1)C(O)C(=O)O. The molecular formula is C11H14O4. The highest BCUT2D eigenvalue weighted by molar-refractivity contribution is 5.72. The Morgan fingerprint density at radius 1 is 1.40 bits per heavy atom. The Balaban J connectivity index is 2.41. The minimum atomic E-state index is -1.48. The third-order valence-corrected chi connectivity index (χ3v) is 2.05. The molecule has 0 fully saturated rings. The summed E-state index contributed by atoms with van der Waals surface area (Å²) in [5.74, 6) is -1.27. The lowest BCUT2D eigenvalue weighted by molar-refractivity contribution is -0.155. The lowest BCUT2D eigenvalue weighted by Crippen LogP contribution is -2.33. The Morgan fingerprint density at radius 2 is 2.00 bits per heavy atom. The Hall–Kier alpha value is -1.39. The average molecular weight is 210 g/mol. The van der Waals surface area contributed by atoms with Gasteiger partial charge in [-0.1, -0.05) is 30.3 Å². The van der Waals surface area contributed by atoms with Crippen molar-refractivity contribution in [1.29, 1.82) is 0 Å². The van der Waals surface area contributed by atoms with Crippen LogP contribution in [0.25, 0.3) is 0 Å². The maximum absolute atomic E-state index is 10.4. The zero-order valence-corrected chi connectivity index (χ0v) is 8.46. The quantitative estimate of drug-likeness (QED) is 0.762. The van der Waals surface area contributed by atoms with Gasteiger partial charge in [-0.3, -0.25) is 0 Å². The molecule has 0 aliphatic carbocycles. The van der Waals surface area contributed by atoms with E-state index >= 15 is 0 Å². The minimum absolute atomic E-state index is 0.298. The molecule has 1 aromatic carbocycles. The van der Waals surface area contributed by atoms with Gasteiger partial charge in [-0.25, -0.2) is 4.79 Å². The largest absolute Gasteiger partial charge is 0.479 e. The number of carboxylic acids is 1. The second-order valence-corrected chi connectivity index (χ2v) is 3.28. The van der Waals surface area contributed by atoms with Crippen molar-refractivity contribution in [2.45, 2.75) is 25.7 Å². The van der Waals surface area contributed by atoms with Crippen molar-refractivity contribution in [3.05, 3.63) is 35.9 Å². The van der Waals surface area contributed by atoms with Gasteiger partial charge < -0.3 is 14.9 Å². The number of aliphatic carboxylic acids is 1. The van der Waals surface area contributed by atoms with Gasteiger partial charge in [0.1, 0.15) is 0 Å². The first kappa shape index (κ1) is 11.7. The van der Waals surface area contributed by atoms with Crippen molar-refractivity contribution in [1.82, 2.24) is 0 Å². The van der Waals surface area contributed by atoms with Crippen molar-refractivity contribution in [2.24, 2.45) is 0 Å². The monoisotopic (exact) mass is 210 g/mol. The maximum Gasteiger partial charge on any atom is 0.335 e. The number of ether oxygens (including phenoxy) is 1. The molecule has 0 bridgehead atoms.